The maximum absolute atomic E-state index is 12.2. The van der Waals surface area contributed by atoms with Crippen LogP contribution in [-0.4, -0.2) is 39.6 Å². The summed E-state index contributed by atoms with van der Waals surface area (Å²) in [6.45, 7) is 6.72. The molecule has 0 saturated carbocycles. The van der Waals surface area contributed by atoms with E-state index in [1.54, 1.807) is 12.1 Å². The summed E-state index contributed by atoms with van der Waals surface area (Å²) in [5.41, 5.74) is 5.70. The number of nitrogens with one attached hydrogen (secondary N) is 2. The molecule has 26 heavy (non-hydrogen) atoms. The molecule has 0 aliphatic heterocycles. The van der Waals surface area contributed by atoms with Crippen LogP contribution in [-0.2, 0) is 14.8 Å². The van der Waals surface area contributed by atoms with Gasteiger partial charge in [0.05, 0.1) is 11.5 Å². The maximum atomic E-state index is 12.2. The number of amides is 1. The number of carbonyl (C=O) groups excluding carboxylic acids is 1. The van der Waals surface area contributed by atoms with Crippen LogP contribution >= 0.6 is 12.4 Å². The summed E-state index contributed by atoms with van der Waals surface area (Å²) in [5, 5.41) is 2.76. The monoisotopic (exact) mass is 407 g/mol. The highest BCUT2D eigenvalue weighted by Gasteiger charge is 2.21. The first kappa shape index (κ1) is 24.7. The second-order valence-electron chi connectivity index (χ2n) is 5.90. The molecule has 0 fully saturated rings. The molecule has 0 unspecified atom stereocenters. The number of nitrogens with two attached hydrogens (primary N) is 1. The Bertz CT molecular complexity index is 646. The summed E-state index contributed by atoms with van der Waals surface area (Å²) < 4.78 is 32.1. The standard InChI is InChI=1S/C17H29N3O4S.ClH/c1-4-17(18,5-2)13-19-16(21)11-12-20-25(22,23)15-9-7-14(8-10-15)24-6-3;/h7-10,20H,4-6,11-13,18H2,1-3H3,(H,19,21);1H. The fourth-order valence-corrected chi connectivity index (χ4v) is 3.16. The number of halogens is 1. The molecule has 0 bridgehead atoms. The molecule has 9 heteroatoms. The number of carbonyl (C=O) groups is 1. The average molecular weight is 408 g/mol. The highest BCUT2D eigenvalue weighted by atomic mass is 35.5. The van der Waals surface area contributed by atoms with E-state index in [1.165, 1.54) is 12.1 Å². The second kappa shape index (κ2) is 11.4. The van der Waals surface area contributed by atoms with Crippen LogP contribution in [0.1, 0.15) is 40.0 Å². The average Bonchev–Trinajstić information content (AvgIpc) is 2.60. The molecule has 1 aromatic carbocycles. The van der Waals surface area contributed by atoms with Crippen LogP contribution < -0.4 is 20.5 Å². The minimum Gasteiger partial charge on any atom is -0.494 e. The first-order valence-electron chi connectivity index (χ1n) is 8.54. The van der Waals surface area contributed by atoms with Crippen LogP contribution in [0, 0.1) is 0 Å². The van der Waals surface area contributed by atoms with Crippen molar-refractivity contribution in [2.24, 2.45) is 5.73 Å². The Morgan fingerprint density at radius 3 is 2.23 bits per heavy atom. The van der Waals surface area contributed by atoms with Crippen LogP contribution in [0.25, 0.3) is 0 Å². The molecule has 1 rings (SSSR count). The van der Waals surface area contributed by atoms with E-state index >= 15 is 0 Å². The molecule has 1 aromatic rings. The smallest absolute Gasteiger partial charge is 0.240 e. The molecule has 0 spiro atoms. The molecule has 4 N–H and O–H groups in total. The van der Waals surface area contributed by atoms with Gasteiger partial charge in [0.1, 0.15) is 5.75 Å². The van der Waals surface area contributed by atoms with Gasteiger partial charge in [-0.1, -0.05) is 13.8 Å². The molecule has 0 aliphatic carbocycles. The summed E-state index contributed by atoms with van der Waals surface area (Å²) in [5.74, 6) is 0.379. The third-order valence-electron chi connectivity index (χ3n) is 4.14. The van der Waals surface area contributed by atoms with Crippen LogP contribution in [0.5, 0.6) is 5.75 Å². The van der Waals surface area contributed by atoms with Gasteiger partial charge in [-0.2, -0.15) is 0 Å². The topological polar surface area (TPSA) is 111 Å². The van der Waals surface area contributed by atoms with E-state index in [9.17, 15) is 13.2 Å². The van der Waals surface area contributed by atoms with Gasteiger partial charge in [-0.25, -0.2) is 13.1 Å². The molecule has 150 valence electrons. The van der Waals surface area contributed by atoms with Crippen molar-refractivity contribution in [1.82, 2.24) is 10.0 Å². The van der Waals surface area contributed by atoms with Gasteiger partial charge in [0, 0.05) is 25.0 Å². The molecule has 0 aliphatic rings. The van der Waals surface area contributed by atoms with E-state index in [-0.39, 0.29) is 36.2 Å². The normalized spacial score (nSPS) is 11.5. The Morgan fingerprint density at radius 1 is 1.15 bits per heavy atom. The Morgan fingerprint density at radius 2 is 1.73 bits per heavy atom. The number of rotatable bonds is 11. The number of ether oxygens (including phenoxy) is 1. The summed E-state index contributed by atoms with van der Waals surface area (Å²) in [6, 6.07) is 6.14. The third-order valence-corrected chi connectivity index (χ3v) is 5.61. The second-order valence-corrected chi connectivity index (χ2v) is 7.67. The number of hydrogen-bond acceptors (Lipinski definition) is 5. The van der Waals surface area contributed by atoms with E-state index in [4.69, 9.17) is 10.5 Å². The van der Waals surface area contributed by atoms with Crippen molar-refractivity contribution in [2.45, 2.75) is 50.5 Å². The van der Waals surface area contributed by atoms with Crippen LogP contribution in [0.3, 0.4) is 0 Å². The van der Waals surface area contributed by atoms with Crippen LogP contribution in [0.4, 0.5) is 0 Å². The van der Waals surface area contributed by atoms with Crippen molar-refractivity contribution in [3.05, 3.63) is 24.3 Å². The highest BCUT2D eigenvalue weighted by molar-refractivity contribution is 7.89. The first-order chi connectivity index (χ1) is 11.8. The lowest BCUT2D eigenvalue weighted by Crippen LogP contribution is -2.49. The van der Waals surface area contributed by atoms with E-state index in [1.807, 2.05) is 20.8 Å². The molecule has 0 atom stereocenters. The SMILES string of the molecule is CCOc1ccc(S(=O)(=O)NCCC(=O)NCC(N)(CC)CC)cc1.Cl. The molecular weight excluding hydrogens is 378 g/mol. The van der Waals surface area contributed by atoms with Crippen LogP contribution in [0.2, 0.25) is 0 Å². The summed E-state index contributed by atoms with van der Waals surface area (Å²) in [4.78, 5) is 12.0. The van der Waals surface area contributed by atoms with Gasteiger partial charge in [0.15, 0.2) is 0 Å². The van der Waals surface area contributed by atoms with Gasteiger partial charge in [0.25, 0.3) is 0 Å². The van der Waals surface area contributed by atoms with Crippen molar-refractivity contribution < 1.29 is 17.9 Å². The molecular formula is C17H30ClN3O4S. The third kappa shape index (κ3) is 7.90. The Labute approximate surface area is 162 Å². The lowest BCUT2D eigenvalue weighted by molar-refractivity contribution is -0.121. The number of hydrogen-bond donors (Lipinski definition) is 3. The van der Waals surface area contributed by atoms with Gasteiger partial charge in [-0.15, -0.1) is 12.4 Å². The predicted molar refractivity (Wildman–Crippen MR) is 105 cm³/mol. The Balaban J connectivity index is 0.00000625. The van der Waals surface area contributed by atoms with Crippen molar-refractivity contribution >= 4 is 28.3 Å². The van der Waals surface area contributed by atoms with Gasteiger partial charge < -0.3 is 15.8 Å². The van der Waals surface area contributed by atoms with Crippen LogP contribution in [0.15, 0.2) is 29.2 Å². The zero-order valence-electron chi connectivity index (χ0n) is 15.6. The zero-order valence-corrected chi connectivity index (χ0v) is 17.2. The van der Waals surface area contributed by atoms with E-state index < -0.39 is 15.6 Å². The molecule has 0 saturated heterocycles. The molecule has 7 nitrogen and oxygen atoms in total. The lowest BCUT2D eigenvalue weighted by atomic mass is 9.94. The Kier molecular flexibility index (Phi) is 10.8. The summed E-state index contributed by atoms with van der Waals surface area (Å²) in [6.07, 6.45) is 1.57. The fourth-order valence-electron chi connectivity index (χ4n) is 2.13. The maximum Gasteiger partial charge on any atom is 0.240 e. The summed E-state index contributed by atoms with van der Waals surface area (Å²) in [7, 11) is -3.65. The van der Waals surface area contributed by atoms with Crippen molar-refractivity contribution in [1.29, 1.82) is 0 Å². The van der Waals surface area contributed by atoms with Crippen molar-refractivity contribution in [3.8, 4) is 5.75 Å². The molecule has 1 amide bonds. The van der Waals surface area contributed by atoms with Gasteiger partial charge in [-0.3, -0.25) is 4.79 Å². The van der Waals surface area contributed by atoms with Gasteiger partial charge >= 0.3 is 0 Å². The van der Waals surface area contributed by atoms with Crippen molar-refractivity contribution in [2.75, 3.05) is 19.7 Å². The zero-order chi connectivity index (χ0) is 18.9. The first-order valence-corrected chi connectivity index (χ1v) is 10.0. The largest absolute Gasteiger partial charge is 0.494 e. The predicted octanol–water partition coefficient (Wildman–Crippen LogP) is 1.81. The molecule has 0 heterocycles. The molecule has 0 aromatic heterocycles. The van der Waals surface area contributed by atoms with E-state index in [0.717, 1.165) is 12.8 Å². The number of sulfonamides is 1. The van der Waals surface area contributed by atoms with Gasteiger partial charge in [-0.05, 0) is 44.0 Å². The van der Waals surface area contributed by atoms with E-state index in [2.05, 4.69) is 10.0 Å². The molecule has 0 radical (unpaired) electrons. The number of benzene rings is 1. The lowest BCUT2D eigenvalue weighted by Gasteiger charge is -2.26. The van der Waals surface area contributed by atoms with E-state index in [0.29, 0.717) is 18.9 Å². The quantitative estimate of drug-likeness (QED) is 0.518. The fraction of sp³-hybridized carbons (Fsp3) is 0.588. The Hall–Kier alpha value is -1.35. The minimum absolute atomic E-state index is 0. The van der Waals surface area contributed by atoms with Crippen molar-refractivity contribution in [3.63, 3.8) is 0 Å². The highest BCUT2D eigenvalue weighted by Crippen LogP contribution is 2.15. The van der Waals surface area contributed by atoms with Gasteiger partial charge in [0.2, 0.25) is 15.9 Å². The minimum atomic E-state index is -3.65. The summed E-state index contributed by atoms with van der Waals surface area (Å²) >= 11 is 0.